The van der Waals surface area contributed by atoms with Crippen LogP contribution in [0.2, 0.25) is 0 Å². The smallest absolute Gasteiger partial charge is 0.493 e. The molecule has 0 saturated carbocycles. The number of carboxylic acid groups (broad SMARTS) is 2. The van der Waals surface area contributed by atoms with Gasteiger partial charge in [0, 0.05) is 0 Å². The molecule has 2 unspecified atom stereocenters. The van der Waals surface area contributed by atoms with E-state index in [-0.39, 0.29) is 35.7 Å². The molecule has 3 N–H and O–H groups in total. The van der Waals surface area contributed by atoms with Gasteiger partial charge < -0.3 is 21.9 Å². The van der Waals surface area contributed by atoms with Crippen molar-refractivity contribution in [2.24, 2.45) is 0 Å². The summed E-state index contributed by atoms with van der Waals surface area (Å²) in [7, 11) is -4.84. The fraction of sp³-hybridized carbons (Fsp3) is 0.471. The molecule has 1 aromatic carbocycles. The van der Waals surface area contributed by atoms with Gasteiger partial charge in [-0.2, -0.15) is 8.42 Å². The topological polar surface area (TPSA) is 138 Å². The zero-order valence-electron chi connectivity index (χ0n) is 15.6. The van der Waals surface area contributed by atoms with Gasteiger partial charge in [-0.3, -0.25) is 14.1 Å². The van der Waals surface area contributed by atoms with E-state index in [9.17, 15) is 18.0 Å². The monoisotopic (exact) mass is 412 g/mol. The summed E-state index contributed by atoms with van der Waals surface area (Å²) in [5, 5.41) is 13.9. The Balaban J connectivity index is 0. The maximum absolute atomic E-state index is 10.2. The standard InChI is InChI=1S/C13H19O.C4H6O7S.Na/c1-3-5-9-12(4-2)14-13-10-7-6-8-11-13;5-3(6)1-2(4(7)8)12(9,10)11;/h6-8,10-12H,2-5,9H2,1H3;2H,1H2,(H,5,6)(H,7,8)(H,9,10,11);/q-1;;+1. The van der Waals surface area contributed by atoms with Gasteiger partial charge in [0.05, 0.1) is 12.5 Å². The number of aliphatic carboxylic acids is 2. The molecule has 0 aliphatic heterocycles. The molecule has 2 atom stereocenters. The number of hydrogen-bond donors (Lipinski definition) is 3. The first-order valence-corrected chi connectivity index (χ1v) is 9.53. The van der Waals surface area contributed by atoms with Crippen LogP contribution in [0.1, 0.15) is 39.0 Å². The number of ether oxygens (including phenoxy) is 1. The summed E-state index contributed by atoms with van der Waals surface area (Å²) in [6, 6.07) is 9.98. The largest absolute Gasteiger partial charge is 1.00 e. The van der Waals surface area contributed by atoms with Gasteiger partial charge in [-0.15, -0.1) is 6.42 Å². The third-order valence-electron chi connectivity index (χ3n) is 3.24. The first-order valence-electron chi connectivity index (χ1n) is 8.03. The van der Waals surface area contributed by atoms with Crippen molar-refractivity contribution in [3.8, 4) is 5.75 Å². The van der Waals surface area contributed by atoms with Crippen molar-refractivity contribution in [2.75, 3.05) is 0 Å². The van der Waals surface area contributed by atoms with E-state index in [0.717, 1.165) is 18.6 Å². The number of benzene rings is 1. The first kappa shape index (κ1) is 28.1. The molecule has 1 aromatic rings. The molecule has 0 fully saturated rings. The maximum atomic E-state index is 10.2. The van der Waals surface area contributed by atoms with Crippen LogP contribution in [0.5, 0.6) is 5.75 Å². The van der Waals surface area contributed by atoms with Crippen LogP contribution < -0.4 is 34.3 Å². The summed E-state index contributed by atoms with van der Waals surface area (Å²) in [6.45, 7) is 6.11. The van der Waals surface area contributed by atoms with Crippen LogP contribution in [0.15, 0.2) is 30.3 Å². The van der Waals surface area contributed by atoms with Crippen molar-refractivity contribution in [1.82, 2.24) is 0 Å². The molecule has 8 nitrogen and oxygen atoms in total. The normalized spacial score (nSPS) is 12.6. The molecule has 0 aliphatic rings. The SMILES string of the molecule is O=C(O)CC(C(=O)O)S(=O)(=O)O.[CH2-]CC(CCCC)Oc1ccccc1.[Na+]. The van der Waals surface area contributed by atoms with Crippen LogP contribution in [0.3, 0.4) is 0 Å². The predicted molar refractivity (Wildman–Crippen MR) is 95.6 cm³/mol. The van der Waals surface area contributed by atoms with Crippen molar-refractivity contribution < 1.29 is 67.1 Å². The minimum atomic E-state index is -4.84. The van der Waals surface area contributed by atoms with Gasteiger partial charge in [-0.1, -0.05) is 38.0 Å². The summed E-state index contributed by atoms with van der Waals surface area (Å²) in [6.07, 6.45) is 3.50. The zero-order valence-corrected chi connectivity index (χ0v) is 18.4. The molecular formula is C17H25NaO8S. The molecule has 0 spiro atoms. The Morgan fingerprint density at radius 2 is 1.74 bits per heavy atom. The third-order valence-corrected chi connectivity index (χ3v) is 4.33. The molecule has 0 bridgehead atoms. The maximum Gasteiger partial charge on any atom is 1.00 e. The van der Waals surface area contributed by atoms with Crippen LogP contribution in [-0.2, 0) is 19.7 Å². The van der Waals surface area contributed by atoms with E-state index in [1.807, 2.05) is 30.3 Å². The van der Waals surface area contributed by atoms with E-state index < -0.39 is 33.7 Å². The van der Waals surface area contributed by atoms with Crippen molar-refractivity contribution >= 4 is 22.1 Å². The Kier molecular flexibility index (Phi) is 15.5. The van der Waals surface area contributed by atoms with Gasteiger partial charge in [-0.25, -0.2) is 0 Å². The zero-order chi connectivity index (χ0) is 20.2. The molecular weight excluding hydrogens is 387 g/mol. The van der Waals surface area contributed by atoms with Crippen LogP contribution in [0, 0.1) is 6.92 Å². The number of para-hydroxylation sites is 1. The average molecular weight is 412 g/mol. The fourth-order valence-corrected chi connectivity index (χ4v) is 2.47. The Morgan fingerprint density at radius 1 is 1.19 bits per heavy atom. The van der Waals surface area contributed by atoms with E-state index in [4.69, 9.17) is 19.5 Å². The van der Waals surface area contributed by atoms with Gasteiger partial charge >= 0.3 is 41.5 Å². The Labute approximate surface area is 182 Å². The Bertz CT molecular complexity index is 648. The average Bonchev–Trinajstić information content (AvgIpc) is 2.56. The van der Waals surface area contributed by atoms with Gasteiger partial charge in [0.15, 0.2) is 5.25 Å². The van der Waals surface area contributed by atoms with E-state index in [0.29, 0.717) is 0 Å². The minimum Gasteiger partial charge on any atom is -0.493 e. The number of unbranched alkanes of at least 4 members (excludes halogenated alkanes) is 1. The molecule has 0 heterocycles. The van der Waals surface area contributed by atoms with E-state index in [1.165, 1.54) is 12.8 Å². The van der Waals surface area contributed by atoms with Gasteiger partial charge in [0.25, 0.3) is 10.1 Å². The Morgan fingerprint density at radius 3 is 2.07 bits per heavy atom. The van der Waals surface area contributed by atoms with Crippen LogP contribution >= 0.6 is 0 Å². The van der Waals surface area contributed by atoms with Crippen LogP contribution in [-0.4, -0.2) is 46.5 Å². The molecule has 27 heavy (non-hydrogen) atoms. The van der Waals surface area contributed by atoms with Gasteiger partial charge in [-0.05, 0) is 18.6 Å². The van der Waals surface area contributed by atoms with Crippen LogP contribution in [0.4, 0.5) is 0 Å². The number of rotatable bonds is 10. The summed E-state index contributed by atoms with van der Waals surface area (Å²) >= 11 is 0. The third kappa shape index (κ3) is 13.7. The molecule has 0 aliphatic carbocycles. The molecule has 0 saturated heterocycles. The Hall–Kier alpha value is -1.13. The second-order valence-corrected chi connectivity index (χ2v) is 7.02. The second-order valence-electron chi connectivity index (χ2n) is 5.42. The quantitative estimate of drug-likeness (QED) is 0.269. The first-order chi connectivity index (χ1) is 12.1. The van der Waals surface area contributed by atoms with E-state index in [2.05, 4.69) is 13.8 Å². The molecule has 10 heteroatoms. The summed E-state index contributed by atoms with van der Waals surface area (Å²) in [4.78, 5) is 20.0. The van der Waals surface area contributed by atoms with Crippen molar-refractivity contribution in [1.29, 1.82) is 0 Å². The number of carboxylic acids is 2. The van der Waals surface area contributed by atoms with Crippen molar-refractivity contribution in [3.05, 3.63) is 37.3 Å². The molecule has 0 amide bonds. The second kappa shape index (κ2) is 14.9. The van der Waals surface area contributed by atoms with Crippen molar-refractivity contribution in [3.63, 3.8) is 0 Å². The molecule has 0 radical (unpaired) electrons. The molecule has 148 valence electrons. The fourth-order valence-electron chi connectivity index (χ4n) is 1.86. The number of hydrogen-bond acceptors (Lipinski definition) is 5. The summed E-state index contributed by atoms with van der Waals surface area (Å²) in [5.74, 6) is -2.54. The predicted octanol–water partition coefficient (Wildman–Crippen LogP) is -0.346. The van der Waals surface area contributed by atoms with Gasteiger partial charge in [0.2, 0.25) is 0 Å². The van der Waals surface area contributed by atoms with E-state index in [1.54, 1.807) is 0 Å². The summed E-state index contributed by atoms with van der Waals surface area (Å²) in [5.41, 5.74) is 0. The molecule has 1 rings (SSSR count). The van der Waals surface area contributed by atoms with Crippen LogP contribution in [0.25, 0.3) is 0 Å². The van der Waals surface area contributed by atoms with Crippen molar-refractivity contribution in [2.45, 2.75) is 50.4 Å². The van der Waals surface area contributed by atoms with E-state index >= 15 is 0 Å². The molecule has 0 aromatic heterocycles. The number of carbonyl (C=O) groups is 2. The summed E-state index contributed by atoms with van der Waals surface area (Å²) < 4.78 is 34.5. The van der Waals surface area contributed by atoms with Gasteiger partial charge in [0.1, 0.15) is 5.75 Å². The minimum absolute atomic E-state index is 0.